The Bertz CT molecular complexity index is 646. The van der Waals surface area contributed by atoms with Crippen LogP contribution in [0.3, 0.4) is 0 Å². The molecule has 14 atom stereocenters. The molecule has 0 bridgehead atoms. The van der Waals surface area contributed by atoms with Crippen LogP contribution in [0.1, 0.15) is 0 Å². The minimum atomic E-state index is -2.90. The lowest BCUT2D eigenvalue weighted by molar-refractivity contribution is -0.338. The minimum absolute atomic E-state index is 0.793. The first-order chi connectivity index (χ1) is 15.4. The molecular formula is C18H31O15. The summed E-state index contributed by atoms with van der Waals surface area (Å²) in [5.41, 5.74) is -2.90. The van der Waals surface area contributed by atoms with Gasteiger partial charge in [0.15, 0.2) is 11.7 Å². The van der Waals surface area contributed by atoms with Crippen LogP contribution in [0, 0.1) is 6.10 Å². The average molecular weight is 487 g/mol. The molecule has 1 radical (unpaired) electrons. The van der Waals surface area contributed by atoms with E-state index in [0.717, 1.165) is 0 Å². The average Bonchev–Trinajstić information content (AvgIpc) is 2.80. The van der Waals surface area contributed by atoms with Gasteiger partial charge < -0.3 is 75.5 Å². The zero-order chi connectivity index (χ0) is 24.8. The minimum Gasteiger partial charge on any atom is -0.394 e. The zero-order valence-electron chi connectivity index (χ0n) is 17.2. The van der Waals surface area contributed by atoms with Gasteiger partial charge in [-0.15, -0.1) is 0 Å². The van der Waals surface area contributed by atoms with Gasteiger partial charge >= 0.3 is 0 Å². The predicted molar refractivity (Wildman–Crippen MR) is 99.7 cm³/mol. The molecule has 0 saturated carbocycles. The molecule has 3 unspecified atom stereocenters. The highest BCUT2D eigenvalue weighted by molar-refractivity contribution is 5.21. The smallest absolute Gasteiger partial charge is 0.160 e. The zero-order valence-corrected chi connectivity index (χ0v) is 17.2. The molecule has 0 amide bonds. The number of hydrogen-bond donors (Lipinski definition) is 12. The first kappa shape index (κ1) is 27.0. The number of hydrogen-bond acceptors (Lipinski definition) is 15. The predicted octanol–water partition coefficient (Wildman–Crippen LogP) is -7.95. The fourth-order valence-electron chi connectivity index (χ4n) is 4.55. The lowest BCUT2D eigenvalue weighted by atomic mass is 9.72. The quantitative estimate of drug-likeness (QED) is 0.172. The van der Waals surface area contributed by atoms with Gasteiger partial charge in [0.1, 0.15) is 79.4 Å². The van der Waals surface area contributed by atoms with Crippen molar-refractivity contribution in [2.24, 2.45) is 0 Å². The van der Waals surface area contributed by atoms with Crippen LogP contribution in [0.4, 0.5) is 0 Å². The molecule has 3 rings (SSSR count). The highest BCUT2D eigenvalue weighted by atomic mass is 16.6. The SMILES string of the molecule is OC[C]1OC(C2O[C@H](CO)[C@@H](O)[C@H](O)[C@H]2O)[C@H](O)[C@@H](O)[C@@]1(O)C1O[C@H](CO)[C@@H](O)[C@H](O)[C@H]1O. The van der Waals surface area contributed by atoms with Crippen molar-refractivity contribution in [3.8, 4) is 0 Å². The summed E-state index contributed by atoms with van der Waals surface area (Å²) in [4.78, 5) is 0. The molecule has 0 aliphatic carbocycles. The Morgan fingerprint density at radius 3 is 1.64 bits per heavy atom. The van der Waals surface area contributed by atoms with Gasteiger partial charge in [-0.05, 0) is 0 Å². The Morgan fingerprint density at radius 1 is 0.606 bits per heavy atom. The summed E-state index contributed by atoms with van der Waals surface area (Å²) in [6.45, 7) is -2.79. The van der Waals surface area contributed by atoms with Gasteiger partial charge in [0.25, 0.3) is 0 Å². The van der Waals surface area contributed by atoms with Crippen LogP contribution in [0.25, 0.3) is 0 Å². The fourth-order valence-corrected chi connectivity index (χ4v) is 4.55. The normalized spacial score (nSPS) is 54.4. The molecular weight excluding hydrogens is 456 g/mol. The van der Waals surface area contributed by atoms with Gasteiger partial charge in [0.05, 0.1) is 19.8 Å². The Hall–Kier alpha value is -0.600. The third kappa shape index (κ3) is 4.31. The van der Waals surface area contributed by atoms with E-state index in [4.69, 9.17) is 14.2 Å². The maximum absolute atomic E-state index is 11.2. The molecule has 0 aromatic heterocycles. The summed E-state index contributed by atoms with van der Waals surface area (Å²) in [5.74, 6) is 0. The van der Waals surface area contributed by atoms with Crippen LogP contribution in [0.5, 0.6) is 0 Å². The van der Waals surface area contributed by atoms with Crippen LogP contribution in [0.15, 0.2) is 0 Å². The Balaban J connectivity index is 1.91. The lowest BCUT2D eigenvalue weighted by Crippen LogP contribution is -2.76. The molecule has 0 aromatic carbocycles. The van der Waals surface area contributed by atoms with Crippen LogP contribution >= 0.6 is 0 Å². The van der Waals surface area contributed by atoms with E-state index < -0.39 is 111 Å². The third-order valence-corrected chi connectivity index (χ3v) is 6.56. The Morgan fingerprint density at radius 2 is 1.12 bits per heavy atom. The molecule has 3 aliphatic rings. The molecule has 12 N–H and O–H groups in total. The summed E-state index contributed by atoms with van der Waals surface area (Å²) in [6.07, 6.45) is -24.9. The fraction of sp³-hybridized carbons (Fsp3) is 0.944. The molecule has 193 valence electrons. The van der Waals surface area contributed by atoms with Crippen molar-refractivity contribution in [2.75, 3.05) is 19.8 Å². The summed E-state index contributed by atoms with van der Waals surface area (Å²) >= 11 is 0. The van der Waals surface area contributed by atoms with E-state index in [1.54, 1.807) is 0 Å². The first-order valence-corrected chi connectivity index (χ1v) is 10.3. The highest BCUT2D eigenvalue weighted by Crippen LogP contribution is 2.44. The highest BCUT2D eigenvalue weighted by Gasteiger charge is 2.66. The van der Waals surface area contributed by atoms with Crippen molar-refractivity contribution in [3.63, 3.8) is 0 Å². The number of rotatable bonds is 5. The van der Waals surface area contributed by atoms with E-state index >= 15 is 0 Å². The maximum Gasteiger partial charge on any atom is 0.160 e. The van der Waals surface area contributed by atoms with Crippen LogP contribution in [-0.2, 0) is 14.2 Å². The monoisotopic (exact) mass is 487 g/mol. The van der Waals surface area contributed by atoms with E-state index in [-0.39, 0.29) is 0 Å². The summed E-state index contributed by atoms with van der Waals surface area (Å²) in [7, 11) is 0. The van der Waals surface area contributed by atoms with Gasteiger partial charge in [0, 0.05) is 0 Å². The van der Waals surface area contributed by atoms with Crippen LogP contribution in [0.2, 0.25) is 0 Å². The van der Waals surface area contributed by atoms with E-state index in [2.05, 4.69) is 0 Å². The van der Waals surface area contributed by atoms with Crippen molar-refractivity contribution in [2.45, 2.75) is 85.0 Å². The second-order valence-corrected chi connectivity index (χ2v) is 8.47. The number of ether oxygens (including phenoxy) is 3. The molecule has 3 aliphatic heterocycles. The second kappa shape index (κ2) is 10.2. The Labute approximate surface area is 187 Å². The largest absolute Gasteiger partial charge is 0.394 e. The molecule has 0 spiro atoms. The standard InChI is InChI=1S/C18H31O15/c19-1-4-7(22)9(24)11(26)14(31-4)15-13(28)16(29)18(30,6(3-21)33-15)17-12(27)10(25)8(23)5(2-20)32-17/h4-5,7-17,19-30H,1-3H2/t4-,5-,7-,8-,9+,10+,11-,12-,13+,14?,15?,16-,17?,18-/m1/s1. The Kier molecular flexibility index (Phi) is 8.32. The maximum atomic E-state index is 11.2. The molecule has 3 heterocycles. The molecule has 15 heteroatoms. The van der Waals surface area contributed by atoms with Gasteiger partial charge in [0.2, 0.25) is 0 Å². The van der Waals surface area contributed by atoms with Gasteiger partial charge in [-0.1, -0.05) is 0 Å². The van der Waals surface area contributed by atoms with Crippen molar-refractivity contribution in [3.05, 3.63) is 6.10 Å². The third-order valence-electron chi connectivity index (χ3n) is 6.56. The first-order valence-electron chi connectivity index (χ1n) is 10.3. The van der Waals surface area contributed by atoms with Gasteiger partial charge in [-0.25, -0.2) is 0 Å². The lowest BCUT2D eigenvalue weighted by Gasteiger charge is -2.56. The van der Waals surface area contributed by atoms with E-state index in [0.29, 0.717) is 0 Å². The molecule has 33 heavy (non-hydrogen) atoms. The molecule has 3 fully saturated rings. The topological polar surface area (TPSA) is 270 Å². The number of aliphatic hydroxyl groups is 12. The van der Waals surface area contributed by atoms with Gasteiger partial charge in [-0.3, -0.25) is 0 Å². The summed E-state index contributed by atoms with van der Waals surface area (Å²) in [5, 5.41) is 122. The van der Waals surface area contributed by atoms with E-state index in [1.165, 1.54) is 0 Å². The summed E-state index contributed by atoms with van der Waals surface area (Å²) < 4.78 is 16.0. The van der Waals surface area contributed by atoms with Crippen LogP contribution in [-0.4, -0.2) is 166 Å². The number of aliphatic hydroxyl groups excluding tert-OH is 11. The van der Waals surface area contributed by atoms with E-state index in [9.17, 15) is 61.3 Å². The molecule has 0 aromatic rings. The van der Waals surface area contributed by atoms with Crippen molar-refractivity contribution in [1.82, 2.24) is 0 Å². The van der Waals surface area contributed by atoms with Crippen molar-refractivity contribution < 1.29 is 75.5 Å². The molecule has 15 nitrogen and oxygen atoms in total. The van der Waals surface area contributed by atoms with Crippen LogP contribution < -0.4 is 0 Å². The molecule has 3 saturated heterocycles. The summed E-state index contributed by atoms with van der Waals surface area (Å²) in [6, 6.07) is 0. The van der Waals surface area contributed by atoms with Gasteiger partial charge in [-0.2, -0.15) is 0 Å². The van der Waals surface area contributed by atoms with Crippen molar-refractivity contribution >= 4 is 0 Å². The second-order valence-electron chi connectivity index (χ2n) is 8.47. The van der Waals surface area contributed by atoms with Crippen molar-refractivity contribution in [1.29, 1.82) is 0 Å². The van der Waals surface area contributed by atoms with E-state index in [1.807, 2.05) is 0 Å².